The fourth-order valence-corrected chi connectivity index (χ4v) is 3.52. The number of nitrogens with zero attached hydrogens (tertiary/aromatic N) is 2. The van der Waals surface area contributed by atoms with Gasteiger partial charge in [0.1, 0.15) is 5.75 Å². The van der Waals surface area contributed by atoms with Gasteiger partial charge in [-0.2, -0.15) is 5.10 Å². The maximum atomic E-state index is 12.3. The number of hydrogen-bond acceptors (Lipinski definition) is 3. The predicted molar refractivity (Wildman–Crippen MR) is 111 cm³/mol. The summed E-state index contributed by atoms with van der Waals surface area (Å²) in [5.41, 5.74) is 7.24. The Morgan fingerprint density at radius 2 is 1.68 bits per heavy atom. The van der Waals surface area contributed by atoms with Crippen molar-refractivity contribution >= 4 is 5.91 Å². The third-order valence-electron chi connectivity index (χ3n) is 4.86. The van der Waals surface area contributed by atoms with Gasteiger partial charge >= 0.3 is 0 Å². The van der Waals surface area contributed by atoms with E-state index in [9.17, 15) is 4.79 Å². The van der Waals surface area contributed by atoms with E-state index in [0.717, 1.165) is 39.5 Å². The average molecular weight is 377 g/mol. The summed E-state index contributed by atoms with van der Waals surface area (Å²) in [6.45, 7) is 10.5. The van der Waals surface area contributed by atoms with Gasteiger partial charge in [-0.15, -0.1) is 0 Å². The number of aromatic nitrogens is 2. The Labute approximate surface area is 166 Å². The highest BCUT2D eigenvalue weighted by atomic mass is 16.5. The van der Waals surface area contributed by atoms with E-state index in [1.165, 1.54) is 5.56 Å². The van der Waals surface area contributed by atoms with Crippen LogP contribution >= 0.6 is 0 Å². The fraction of sp³-hybridized carbons (Fsp3) is 0.304. The average Bonchev–Trinajstić information content (AvgIpc) is 2.93. The number of nitrogens with one attached hydrogen (secondary N) is 1. The molecule has 5 nitrogen and oxygen atoms in total. The summed E-state index contributed by atoms with van der Waals surface area (Å²) >= 11 is 0. The SMILES string of the molecule is Cc1cc(C)c(OCC(=O)NCc2c(C)nn(-c3ccccc3)c2C)c(C)c1. The van der Waals surface area contributed by atoms with Crippen LogP contribution in [-0.2, 0) is 11.3 Å². The van der Waals surface area contributed by atoms with Gasteiger partial charge in [0.2, 0.25) is 0 Å². The van der Waals surface area contributed by atoms with Crippen LogP contribution in [0.15, 0.2) is 42.5 Å². The Morgan fingerprint density at radius 1 is 1.04 bits per heavy atom. The summed E-state index contributed by atoms with van der Waals surface area (Å²) in [6.07, 6.45) is 0. The molecule has 0 atom stereocenters. The van der Waals surface area contributed by atoms with Gasteiger partial charge in [-0.1, -0.05) is 35.9 Å². The molecule has 28 heavy (non-hydrogen) atoms. The van der Waals surface area contributed by atoms with Gasteiger partial charge in [0.25, 0.3) is 5.91 Å². The van der Waals surface area contributed by atoms with E-state index in [1.807, 2.05) is 62.7 Å². The first-order valence-electron chi connectivity index (χ1n) is 9.44. The van der Waals surface area contributed by atoms with Crippen LogP contribution in [0, 0.1) is 34.6 Å². The molecule has 0 fully saturated rings. The van der Waals surface area contributed by atoms with E-state index >= 15 is 0 Å². The zero-order chi connectivity index (χ0) is 20.3. The zero-order valence-corrected chi connectivity index (χ0v) is 17.2. The number of amides is 1. The zero-order valence-electron chi connectivity index (χ0n) is 17.2. The van der Waals surface area contributed by atoms with Crippen LogP contribution in [-0.4, -0.2) is 22.3 Å². The standard InChI is InChI=1S/C23H27N3O2/c1-15-11-16(2)23(17(3)12-15)28-14-22(27)24-13-21-18(4)25-26(19(21)5)20-9-7-6-8-10-20/h6-12H,13-14H2,1-5H3,(H,24,27). The second kappa shape index (κ2) is 8.30. The van der Waals surface area contributed by atoms with E-state index < -0.39 is 0 Å². The van der Waals surface area contributed by atoms with Gasteiger partial charge in [-0.25, -0.2) is 4.68 Å². The molecule has 2 aromatic carbocycles. The number of aryl methyl sites for hydroxylation is 4. The minimum absolute atomic E-state index is 0.00431. The summed E-state index contributed by atoms with van der Waals surface area (Å²) in [6, 6.07) is 14.1. The lowest BCUT2D eigenvalue weighted by atomic mass is 10.1. The molecule has 3 aromatic rings. The molecule has 0 aliphatic heterocycles. The minimum Gasteiger partial charge on any atom is -0.483 e. The molecule has 0 aliphatic carbocycles. The summed E-state index contributed by atoms with van der Waals surface area (Å²) in [5.74, 6) is 0.635. The molecule has 0 unspecified atom stereocenters. The molecular weight excluding hydrogens is 350 g/mol. The summed E-state index contributed by atoms with van der Waals surface area (Å²) in [7, 11) is 0. The molecule has 146 valence electrons. The molecule has 1 heterocycles. The van der Waals surface area contributed by atoms with Gasteiger partial charge in [0, 0.05) is 17.8 Å². The molecule has 0 spiro atoms. The number of hydrogen-bond donors (Lipinski definition) is 1. The molecule has 3 rings (SSSR count). The Bertz CT molecular complexity index is 968. The van der Waals surface area contributed by atoms with Crippen molar-refractivity contribution in [3.8, 4) is 11.4 Å². The van der Waals surface area contributed by atoms with E-state index in [4.69, 9.17) is 4.74 Å². The normalized spacial score (nSPS) is 10.8. The summed E-state index contributed by atoms with van der Waals surface area (Å²) in [5, 5.41) is 7.57. The molecule has 0 bridgehead atoms. The maximum absolute atomic E-state index is 12.3. The van der Waals surface area contributed by atoms with Crippen LogP contribution in [0.5, 0.6) is 5.75 Å². The molecule has 0 saturated heterocycles. The van der Waals surface area contributed by atoms with Gasteiger partial charge in [0.05, 0.1) is 11.4 Å². The highest BCUT2D eigenvalue weighted by Crippen LogP contribution is 2.24. The number of carbonyl (C=O) groups is 1. The molecule has 0 aliphatic rings. The largest absolute Gasteiger partial charge is 0.483 e. The smallest absolute Gasteiger partial charge is 0.258 e. The second-order valence-electron chi connectivity index (χ2n) is 7.19. The molecule has 0 radical (unpaired) electrons. The topological polar surface area (TPSA) is 56.1 Å². The van der Waals surface area contributed by atoms with Crippen LogP contribution in [0.4, 0.5) is 0 Å². The Kier molecular flexibility index (Phi) is 5.83. The van der Waals surface area contributed by atoms with Crippen LogP contribution in [0.2, 0.25) is 0 Å². The molecule has 1 amide bonds. The lowest BCUT2D eigenvalue weighted by Crippen LogP contribution is -2.29. The van der Waals surface area contributed by atoms with E-state index in [2.05, 4.69) is 29.5 Å². The van der Waals surface area contributed by atoms with Gasteiger partial charge in [-0.05, 0) is 57.9 Å². The summed E-state index contributed by atoms with van der Waals surface area (Å²) in [4.78, 5) is 12.3. The van der Waals surface area contributed by atoms with Crippen molar-refractivity contribution < 1.29 is 9.53 Å². The maximum Gasteiger partial charge on any atom is 0.258 e. The van der Waals surface area contributed by atoms with Crippen LogP contribution in [0.1, 0.15) is 33.6 Å². The van der Waals surface area contributed by atoms with Crippen LogP contribution < -0.4 is 10.1 Å². The third kappa shape index (κ3) is 4.25. The van der Waals surface area contributed by atoms with Crippen molar-refractivity contribution in [2.45, 2.75) is 41.2 Å². The Balaban J connectivity index is 1.63. The minimum atomic E-state index is -0.148. The lowest BCUT2D eigenvalue weighted by Gasteiger charge is -2.13. The first-order chi connectivity index (χ1) is 13.4. The van der Waals surface area contributed by atoms with Crippen LogP contribution in [0.25, 0.3) is 5.69 Å². The molecule has 1 aromatic heterocycles. The molecule has 1 N–H and O–H groups in total. The van der Waals surface area contributed by atoms with Crippen LogP contribution in [0.3, 0.4) is 0 Å². The van der Waals surface area contributed by atoms with Crippen molar-refractivity contribution in [1.82, 2.24) is 15.1 Å². The van der Waals surface area contributed by atoms with E-state index in [-0.39, 0.29) is 12.5 Å². The number of carbonyl (C=O) groups excluding carboxylic acids is 1. The summed E-state index contributed by atoms with van der Waals surface area (Å²) < 4.78 is 7.68. The molecule has 5 heteroatoms. The molecular formula is C23H27N3O2. The fourth-order valence-electron chi connectivity index (χ4n) is 3.52. The first kappa shape index (κ1) is 19.7. The Morgan fingerprint density at radius 3 is 2.32 bits per heavy atom. The monoisotopic (exact) mass is 377 g/mol. The number of benzene rings is 2. The van der Waals surface area contributed by atoms with E-state index in [0.29, 0.717) is 6.54 Å². The quantitative estimate of drug-likeness (QED) is 0.703. The number of rotatable bonds is 6. The highest BCUT2D eigenvalue weighted by Gasteiger charge is 2.14. The van der Waals surface area contributed by atoms with Gasteiger partial charge in [-0.3, -0.25) is 4.79 Å². The van der Waals surface area contributed by atoms with Crippen molar-refractivity contribution in [2.75, 3.05) is 6.61 Å². The van der Waals surface area contributed by atoms with Gasteiger partial charge in [0.15, 0.2) is 6.61 Å². The third-order valence-corrected chi connectivity index (χ3v) is 4.86. The second-order valence-corrected chi connectivity index (χ2v) is 7.19. The lowest BCUT2D eigenvalue weighted by molar-refractivity contribution is -0.123. The molecule has 0 saturated carbocycles. The van der Waals surface area contributed by atoms with Crippen molar-refractivity contribution in [1.29, 1.82) is 0 Å². The predicted octanol–water partition coefficient (Wildman–Crippen LogP) is 4.11. The Hall–Kier alpha value is -3.08. The van der Waals surface area contributed by atoms with Crippen molar-refractivity contribution in [2.24, 2.45) is 0 Å². The van der Waals surface area contributed by atoms with E-state index in [1.54, 1.807) is 0 Å². The number of para-hydroxylation sites is 1. The first-order valence-corrected chi connectivity index (χ1v) is 9.44. The highest BCUT2D eigenvalue weighted by molar-refractivity contribution is 5.77. The number of ether oxygens (including phenoxy) is 1. The van der Waals surface area contributed by atoms with Crippen molar-refractivity contribution in [3.63, 3.8) is 0 Å². The van der Waals surface area contributed by atoms with Crippen molar-refractivity contribution in [3.05, 3.63) is 76.1 Å². The van der Waals surface area contributed by atoms with Gasteiger partial charge < -0.3 is 10.1 Å².